The summed E-state index contributed by atoms with van der Waals surface area (Å²) in [6, 6.07) is 6.34. The van der Waals surface area contributed by atoms with Crippen LogP contribution in [0.4, 0.5) is 5.82 Å². The molecule has 0 bridgehead atoms. The highest BCUT2D eigenvalue weighted by Gasteiger charge is 2.14. The van der Waals surface area contributed by atoms with Crippen LogP contribution in [0.15, 0.2) is 29.6 Å². The first-order valence-corrected chi connectivity index (χ1v) is 7.98. The van der Waals surface area contributed by atoms with E-state index in [2.05, 4.69) is 42.0 Å². The van der Waals surface area contributed by atoms with Crippen LogP contribution in [0, 0.1) is 13.8 Å². The van der Waals surface area contributed by atoms with Crippen molar-refractivity contribution in [2.24, 2.45) is 0 Å². The van der Waals surface area contributed by atoms with E-state index in [0.717, 1.165) is 5.75 Å². The van der Waals surface area contributed by atoms with Crippen molar-refractivity contribution in [3.8, 4) is 0 Å². The molecule has 22 heavy (non-hydrogen) atoms. The first-order valence-electron chi connectivity index (χ1n) is 6.99. The summed E-state index contributed by atoms with van der Waals surface area (Å²) in [5.41, 5.74) is 9.71. The third-order valence-corrected chi connectivity index (χ3v) is 4.06. The van der Waals surface area contributed by atoms with Gasteiger partial charge in [0.1, 0.15) is 11.4 Å². The Labute approximate surface area is 134 Å². The van der Waals surface area contributed by atoms with Crippen LogP contribution < -0.4 is 5.73 Å². The summed E-state index contributed by atoms with van der Waals surface area (Å²) in [5.74, 6) is 0.411. The van der Waals surface area contributed by atoms with Gasteiger partial charge in [-0.2, -0.15) is 0 Å². The molecule has 6 heteroatoms. The van der Waals surface area contributed by atoms with Crippen molar-refractivity contribution in [3.05, 3.63) is 46.6 Å². The molecule has 0 spiro atoms. The lowest BCUT2D eigenvalue weighted by molar-refractivity contribution is 0.0526. The van der Waals surface area contributed by atoms with Crippen LogP contribution in [0.25, 0.3) is 0 Å². The van der Waals surface area contributed by atoms with Crippen molar-refractivity contribution < 1.29 is 9.53 Å². The maximum atomic E-state index is 11.6. The fourth-order valence-corrected chi connectivity index (χ4v) is 2.80. The van der Waals surface area contributed by atoms with E-state index in [1.54, 1.807) is 6.92 Å². The molecule has 0 radical (unpaired) electrons. The summed E-state index contributed by atoms with van der Waals surface area (Å²) in [6.07, 6.45) is 1.42. The van der Waals surface area contributed by atoms with Gasteiger partial charge in [0.05, 0.1) is 6.61 Å². The molecule has 1 aromatic heterocycles. The number of aryl methyl sites for hydroxylation is 2. The van der Waals surface area contributed by atoms with Crippen LogP contribution in [0.3, 0.4) is 0 Å². The number of carbonyl (C=O) groups excluding carboxylic acids is 1. The number of nitrogen functional groups attached to an aromatic ring is 1. The minimum atomic E-state index is -0.494. The molecule has 2 N–H and O–H groups in total. The molecule has 0 unspecified atom stereocenters. The summed E-state index contributed by atoms with van der Waals surface area (Å²) < 4.78 is 4.90. The maximum Gasteiger partial charge on any atom is 0.343 e. The van der Waals surface area contributed by atoms with E-state index in [-0.39, 0.29) is 11.4 Å². The number of nitrogens with zero attached hydrogens (tertiary/aromatic N) is 2. The van der Waals surface area contributed by atoms with Gasteiger partial charge < -0.3 is 10.5 Å². The van der Waals surface area contributed by atoms with E-state index < -0.39 is 5.97 Å². The average Bonchev–Trinajstić information content (AvgIpc) is 2.48. The molecule has 5 nitrogen and oxygen atoms in total. The third kappa shape index (κ3) is 3.98. The van der Waals surface area contributed by atoms with Crippen LogP contribution in [-0.4, -0.2) is 22.5 Å². The van der Waals surface area contributed by atoms with Crippen LogP contribution in [0.2, 0.25) is 0 Å². The Morgan fingerprint density at radius 1 is 1.36 bits per heavy atom. The largest absolute Gasteiger partial charge is 0.462 e. The topological polar surface area (TPSA) is 78.1 Å². The van der Waals surface area contributed by atoms with Crippen LogP contribution in [0.5, 0.6) is 0 Å². The maximum absolute atomic E-state index is 11.6. The molecule has 2 rings (SSSR count). The molecule has 116 valence electrons. The van der Waals surface area contributed by atoms with Gasteiger partial charge in [0.25, 0.3) is 0 Å². The molecular weight excluding hydrogens is 298 g/mol. The van der Waals surface area contributed by atoms with Gasteiger partial charge in [-0.05, 0) is 31.9 Å². The number of thioether (sulfide) groups is 1. The lowest BCUT2D eigenvalue weighted by Gasteiger charge is -2.08. The molecule has 1 aromatic carbocycles. The van der Waals surface area contributed by atoms with Gasteiger partial charge >= 0.3 is 5.97 Å². The van der Waals surface area contributed by atoms with E-state index in [1.807, 2.05) is 0 Å². The molecule has 2 aromatic rings. The number of esters is 1. The highest BCUT2D eigenvalue weighted by molar-refractivity contribution is 7.98. The number of rotatable bonds is 5. The molecule has 0 atom stereocenters. The summed E-state index contributed by atoms with van der Waals surface area (Å²) in [6.45, 7) is 6.18. The zero-order valence-corrected chi connectivity index (χ0v) is 13.7. The molecule has 0 amide bonds. The summed E-state index contributed by atoms with van der Waals surface area (Å²) >= 11 is 1.49. The molecule has 0 saturated carbocycles. The van der Waals surface area contributed by atoms with Gasteiger partial charge in [-0.1, -0.05) is 35.5 Å². The minimum absolute atomic E-state index is 0.150. The molecular formula is C16H19N3O2S. The Bertz CT molecular complexity index is 689. The van der Waals surface area contributed by atoms with Crippen molar-refractivity contribution >= 4 is 23.5 Å². The Balaban J connectivity index is 2.09. The van der Waals surface area contributed by atoms with Crippen molar-refractivity contribution in [1.82, 2.24) is 9.97 Å². The normalized spacial score (nSPS) is 10.5. The highest BCUT2D eigenvalue weighted by atomic mass is 32.2. The Morgan fingerprint density at radius 2 is 2.14 bits per heavy atom. The quantitative estimate of drug-likeness (QED) is 0.518. The van der Waals surface area contributed by atoms with Crippen molar-refractivity contribution in [3.63, 3.8) is 0 Å². The van der Waals surface area contributed by atoms with Gasteiger partial charge in [-0.15, -0.1) is 0 Å². The lowest BCUT2D eigenvalue weighted by atomic mass is 10.1. The number of aromatic nitrogens is 2. The summed E-state index contributed by atoms with van der Waals surface area (Å²) in [7, 11) is 0. The van der Waals surface area contributed by atoms with E-state index >= 15 is 0 Å². The second-order valence-electron chi connectivity index (χ2n) is 4.89. The molecule has 0 aliphatic heterocycles. The first-order chi connectivity index (χ1) is 10.5. The van der Waals surface area contributed by atoms with E-state index in [0.29, 0.717) is 11.8 Å². The van der Waals surface area contributed by atoms with Crippen LogP contribution in [-0.2, 0) is 10.5 Å². The van der Waals surface area contributed by atoms with E-state index in [9.17, 15) is 4.79 Å². The Morgan fingerprint density at radius 3 is 2.82 bits per heavy atom. The number of carbonyl (C=O) groups is 1. The smallest absolute Gasteiger partial charge is 0.343 e. The molecule has 0 aliphatic rings. The summed E-state index contributed by atoms with van der Waals surface area (Å²) in [5, 5.41) is 0.548. The number of ether oxygens (including phenoxy) is 1. The first kappa shape index (κ1) is 16.3. The molecule has 0 fully saturated rings. The monoisotopic (exact) mass is 317 g/mol. The lowest BCUT2D eigenvalue weighted by Crippen LogP contribution is -2.10. The number of nitrogens with two attached hydrogens (primary N) is 1. The second kappa shape index (κ2) is 7.26. The number of anilines is 1. The van der Waals surface area contributed by atoms with Gasteiger partial charge in [0, 0.05) is 11.9 Å². The molecule has 0 aliphatic carbocycles. The predicted octanol–water partition coefficient (Wildman–Crippen LogP) is 3.14. The standard InChI is InChI=1S/C16H19N3O2S/c1-4-21-15(20)13-8-18-16(19-14(13)17)22-9-12-7-10(2)5-6-11(12)3/h5-8H,4,9H2,1-3H3,(H2,17,18,19). The van der Waals surface area contributed by atoms with E-state index in [1.165, 1.54) is 34.6 Å². The third-order valence-electron chi connectivity index (χ3n) is 3.15. The minimum Gasteiger partial charge on any atom is -0.462 e. The van der Waals surface area contributed by atoms with Crippen molar-refractivity contribution in [2.75, 3.05) is 12.3 Å². The van der Waals surface area contributed by atoms with Gasteiger partial charge in [0.15, 0.2) is 5.16 Å². The zero-order chi connectivity index (χ0) is 16.1. The van der Waals surface area contributed by atoms with Gasteiger partial charge in [-0.3, -0.25) is 0 Å². The number of hydrogen-bond acceptors (Lipinski definition) is 6. The second-order valence-corrected chi connectivity index (χ2v) is 5.83. The molecule has 0 saturated heterocycles. The molecule has 1 heterocycles. The van der Waals surface area contributed by atoms with Crippen LogP contribution in [0.1, 0.15) is 34.0 Å². The van der Waals surface area contributed by atoms with Crippen molar-refractivity contribution in [1.29, 1.82) is 0 Å². The highest BCUT2D eigenvalue weighted by Crippen LogP contribution is 2.23. The fourth-order valence-electron chi connectivity index (χ4n) is 1.91. The Kier molecular flexibility index (Phi) is 5.38. The van der Waals surface area contributed by atoms with E-state index in [4.69, 9.17) is 10.5 Å². The summed E-state index contributed by atoms with van der Waals surface area (Å²) in [4.78, 5) is 20.0. The van der Waals surface area contributed by atoms with Gasteiger partial charge in [0.2, 0.25) is 0 Å². The van der Waals surface area contributed by atoms with Gasteiger partial charge in [-0.25, -0.2) is 14.8 Å². The zero-order valence-electron chi connectivity index (χ0n) is 12.9. The SMILES string of the molecule is CCOC(=O)c1cnc(SCc2cc(C)ccc2C)nc1N. The number of hydrogen-bond donors (Lipinski definition) is 1. The number of benzene rings is 1. The Hall–Kier alpha value is -2.08. The predicted molar refractivity (Wildman–Crippen MR) is 87.9 cm³/mol. The van der Waals surface area contributed by atoms with Crippen LogP contribution >= 0.6 is 11.8 Å². The fraction of sp³-hybridized carbons (Fsp3) is 0.312. The average molecular weight is 317 g/mol. The van der Waals surface area contributed by atoms with Crippen molar-refractivity contribution in [2.45, 2.75) is 31.7 Å².